The van der Waals surface area contributed by atoms with Crippen LogP contribution in [0.4, 0.5) is 0 Å². The Bertz CT molecular complexity index is 789. The summed E-state index contributed by atoms with van der Waals surface area (Å²) in [6.07, 6.45) is 0.700. The maximum Gasteiger partial charge on any atom is 0.213 e. The van der Waals surface area contributed by atoms with Gasteiger partial charge in [0.2, 0.25) is 11.8 Å². The third-order valence-corrected chi connectivity index (χ3v) is 5.01. The van der Waals surface area contributed by atoms with Crippen molar-refractivity contribution >= 4 is 43.7 Å². The van der Waals surface area contributed by atoms with E-state index in [1.165, 1.54) is 0 Å². The van der Waals surface area contributed by atoms with E-state index < -0.39 is 0 Å². The van der Waals surface area contributed by atoms with E-state index in [0.29, 0.717) is 55.5 Å². The molecule has 0 bridgehead atoms. The minimum atomic E-state index is 0.140. The molecule has 0 saturated heterocycles. The fraction of sp³-hybridized carbons (Fsp3) is 0.333. The van der Waals surface area contributed by atoms with Crippen LogP contribution in [0.25, 0.3) is 0 Å². The highest BCUT2D eigenvalue weighted by Crippen LogP contribution is 2.28. The second-order valence-corrected chi connectivity index (χ2v) is 7.57. The van der Waals surface area contributed by atoms with Crippen LogP contribution in [0.5, 0.6) is 11.5 Å². The van der Waals surface area contributed by atoms with Gasteiger partial charge in [-0.2, -0.15) is 0 Å². The van der Waals surface area contributed by atoms with Gasteiger partial charge in [0.05, 0.1) is 35.4 Å². The zero-order chi connectivity index (χ0) is 21.2. The number of benzene rings is 2. The van der Waals surface area contributed by atoms with E-state index in [4.69, 9.17) is 29.8 Å². The molecule has 0 spiro atoms. The van der Waals surface area contributed by atoms with Crippen molar-refractivity contribution in [2.75, 3.05) is 26.4 Å². The molecule has 8 heteroatoms. The Morgan fingerprint density at radius 1 is 0.759 bits per heavy atom. The van der Waals surface area contributed by atoms with Crippen LogP contribution in [0.15, 0.2) is 45.3 Å². The molecule has 0 aromatic heterocycles. The second kappa shape index (κ2) is 11.8. The minimum absolute atomic E-state index is 0.140. The van der Waals surface area contributed by atoms with Crippen molar-refractivity contribution < 1.29 is 18.9 Å². The first-order valence-corrected chi connectivity index (χ1v) is 10.8. The zero-order valence-electron chi connectivity index (χ0n) is 16.4. The number of rotatable bonds is 10. The van der Waals surface area contributed by atoms with Gasteiger partial charge < -0.3 is 18.9 Å². The molecule has 0 heterocycles. The average Bonchev–Trinajstić information content (AvgIpc) is 2.70. The lowest BCUT2D eigenvalue weighted by atomic mass is 10.2. The fourth-order valence-corrected chi connectivity index (χ4v) is 3.38. The highest BCUT2D eigenvalue weighted by molar-refractivity contribution is 9.10. The van der Waals surface area contributed by atoms with E-state index in [2.05, 4.69) is 31.9 Å². The molecule has 0 aliphatic heterocycles. The number of ether oxygens (including phenoxy) is 4. The van der Waals surface area contributed by atoms with Gasteiger partial charge >= 0.3 is 0 Å². The summed E-state index contributed by atoms with van der Waals surface area (Å²) >= 11 is 6.94. The predicted octanol–water partition coefficient (Wildman–Crippen LogP) is 5.78. The lowest BCUT2D eigenvalue weighted by Crippen LogP contribution is -2.08. The van der Waals surface area contributed by atoms with Gasteiger partial charge in [-0.3, -0.25) is 10.8 Å². The van der Waals surface area contributed by atoms with E-state index >= 15 is 0 Å². The summed E-state index contributed by atoms with van der Waals surface area (Å²) in [5.41, 5.74) is 1.39. The number of hydrogen-bond acceptors (Lipinski definition) is 6. The van der Waals surface area contributed by atoms with Crippen LogP contribution in [0.1, 0.15) is 31.4 Å². The molecule has 0 atom stereocenters. The van der Waals surface area contributed by atoms with Crippen LogP contribution in [-0.2, 0) is 9.47 Å². The molecule has 0 aliphatic carbocycles. The molecule has 0 fully saturated rings. The fourth-order valence-electron chi connectivity index (χ4n) is 2.40. The summed E-state index contributed by atoms with van der Waals surface area (Å²) in [5, 5.41) is 15.6. The van der Waals surface area contributed by atoms with Gasteiger partial charge in [-0.1, -0.05) is 0 Å². The normalized spacial score (nSPS) is 10.3. The van der Waals surface area contributed by atoms with Crippen LogP contribution in [0.3, 0.4) is 0 Å². The zero-order valence-corrected chi connectivity index (χ0v) is 19.6. The van der Waals surface area contributed by atoms with E-state index in [-0.39, 0.29) is 11.8 Å². The maximum atomic E-state index is 7.82. The topological polar surface area (TPSA) is 84.6 Å². The van der Waals surface area contributed by atoms with Gasteiger partial charge in [0, 0.05) is 17.5 Å². The quantitative estimate of drug-likeness (QED) is 0.233. The van der Waals surface area contributed by atoms with Crippen LogP contribution in [-0.4, -0.2) is 38.2 Å². The van der Waals surface area contributed by atoms with Gasteiger partial charge in [-0.05, 0) is 82.1 Å². The van der Waals surface area contributed by atoms with E-state index in [0.717, 1.165) is 8.95 Å². The van der Waals surface area contributed by atoms with Gasteiger partial charge in [0.15, 0.2) is 0 Å². The van der Waals surface area contributed by atoms with E-state index in [9.17, 15) is 0 Å². The molecule has 6 nitrogen and oxygen atoms in total. The standard InChI is InChI=1S/C21H24Br2N2O4/c1-3-26-20(24)14-6-8-18(16(22)12-14)28-10-5-11-29-19-9-7-15(13-17(19)23)21(25)27-4-2/h6-9,12-13,24-25H,3-5,10-11H2,1-2H3. The smallest absolute Gasteiger partial charge is 0.213 e. The summed E-state index contributed by atoms with van der Waals surface area (Å²) in [6.45, 7) is 5.60. The Balaban J connectivity index is 1.80. The van der Waals surface area contributed by atoms with Gasteiger partial charge in [0.25, 0.3) is 0 Å². The molecule has 0 amide bonds. The Morgan fingerprint density at radius 2 is 1.17 bits per heavy atom. The van der Waals surface area contributed by atoms with Gasteiger partial charge in [-0.25, -0.2) is 0 Å². The summed E-state index contributed by atoms with van der Waals surface area (Å²) < 4.78 is 23.5. The van der Waals surface area contributed by atoms with Crippen molar-refractivity contribution in [3.05, 3.63) is 56.5 Å². The maximum absolute atomic E-state index is 7.82. The molecule has 2 aromatic rings. The van der Waals surface area contributed by atoms with Gasteiger partial charge in [0.1, 0.15) is 11.5 Å². The van der Waals surface area contributed by atoms with Gasteiger partial charge in [-0.15, -0.1) is 0 Å². The first-order valence-electron chi connectivity index (χ1n) is 9.24. The first kappa shape index (κ1) is 23.2. The van der Waals surface area contributed by atoms with Crippen LogP contribution in [0.2, 0.25) is 0 Å². The third-order valence-electron chi connectivity index (χ3n) is 3.77. The third kappa shape index (κ3) is 7.04. The Kier molecular flexibility index (Phi) is 9.47. The average molecular weight is 528 g/mol. The van der Waals surface area contributed by atoms with Crippen LogP contribution in [0, 0.1) is 10.8 Å². The molecule has 2 N–H and O–H groups in total. The molecule has 2 rings (SSSR count). The van der Waals surface area contributed by atoms with Crippen LogP contribution < -0.4 is 9.47 Å². The highest BCUT2D eigenvalue weighted by atomic mass is 79.9. The Labute approximate surface area is 187 Å². The minimum Gasteiger partial charge on any atom is -0.492 e. The van der Waals surface area contributed by atoms with Crippen molar-refractivity contribution in [2.24, 2.45) is 0 Å². The number of hydrogen-bond donors (Lipinski definition) is 2. The highest BCUT2D eigenvalue weighted by Gasteiger charge is 2.09. The Hall–Kier alpha value is -2.06. The molecule has 156 valence electrons. The van der Waals surface area contributed by atoms with Crippen molar-refractivity contribution in [3.63, 3.8) is 0 Å². The van der Waals surface area contributed by atoms with Crippen molar-refractivity contribution in [3.8, 4) is 11.5 Å². The predicted molar refractivity (Wildman–Crippen MR) is 121 cm³/mol. The molecular weight excluding hydrogens is 504 g/mol. The van der Waals surface area contributed by atoms with E-state index in [1.54, 1.807) is 12.1 Å². The number of halogens is 2. The van der Waals surface area contributed by atoms with E-state index in [1.807, 2.05) is 38.1 Å². The molecule has 0 aliphatic rings. The number of nitrogens with one attached hydrogen (secondary N) is 2. The van der Waals surface area contributed by atoms with Crippen molar-refractivity contribution in [2.45, 2.75) is 20.3 Å². The molecule has 0 unspecified atom stereocenters. The Morgan fingerprint density at radius 3 is 1.52 bits per heavy atom. The summed E-state index contributed by atoms with van der Waals surface area (Å²) in [6, 6.07) is 10.8. The summed E-state index contributed by atoms with van der Waals surface area (Å²) in [4.78, 5) is 0. The SMILES string of the molecule is CCOC(=N)c1ccc(OCCCOc2ccc(C(=N)OCC)cc2Br)c(Br)c1. The second-order valence-electron chi connectivity index (χ2n) is 5.87. The lowest BCUT2D eigenvalue weighted by molar-refractivity contribution is 0.246. The molecule has 29 heavy (non-hydrogen) atoms. The molecule has 2 aromatic carbocycles. The summed E-state index contributed by atoms with van der Waals surface area (Å²) in [5.74, 6) is 1.69. The lowest BCUT2D eigenvalue weighted by Gasteiger charge is -2.12. The molecule has 0 radical (unpaired) electrons. The molecular formula is C21H24Br2N2O4. The molecule has 0 saturated carbocycles. The monoisotopic (exact) mass is 526 g/mol. The largest absolute Gasteiger partial charge is 0.492 e. The first-order chi connectivity index (χ1) is 14.0. The summed E-state index contributed by atoms with van der Waals surface area (Å²) in [7, 11) is 0. The van der Waals surface area contributed by atoms with Crippen molar-refractivity contribution in [1.29, 1.82) is 10.8 Å². The van der Waals surface area contributed by atoms with Crippen LogP contribution >= 0.6 is 31.9 Å². The van der Waals surface area contributed by atoms with Crippen molar-refractivity contribution in [1.82, 2.24) is 0 Å².